The molecule has 1 fully saturated rings. The van der Waals surface area contributed by atoms with Crippen molar-refractivity contribution in [2.75, 3.05) is 11.9 Å². The quantitative estimate of drug-likeness (QED) is 0.786. The van der Waals surface area contributed by atoms with Gasteiger partial charge in [-0.3, -0.25) is 14.5 Å². The minimum absolute atomic E-state index is 0.00267. The van der Waals surface area contributed by atoms with Crippen LogP contribution >= 0.6 is 0 Å². The Morgan fingerprint density at radius 1 is 1.12 bits per heavy atom. The summed E-state index contributed by atoms with van der Waals surface area (Å²) >= 11 is 0. The van der Waals surface area contributed by atoms with Gasteiger partial charge in [-0.15, -0.1) is 0 Å². The molecule has 1 aliphatic heterocycles. The van der Waals surface area contributed by atoms with Crippen molar-refractivity contribution in [2.45, 2.75) is 26.3 Å². The van der Waals surface area contributed by atoms with Gasteiger partial charge in [-0.25, -0.2) is 4.79 Å². The fraction of sp³-hybridized carbons (Fsp3) is 0.250. The van der Waals surface area contributed by atoms with Gasteiger partial charge in [0, 0.05) is 11.3 Å². The first-order valence-electron chi connectivity index (χ1n) is 8.65. The smallest absolute Gasteiger partial charge is 0.324 e. The summed E-state index contributed by atoms with van der Waals surface area (Å²) in [6.07, 6.45) is 2.07. The van der Waals surface area contributed by atoms with Gasteiger partial charge in [-0.1, -0.05) is 43.7 Å². The van der Waals surface area contributed by atoms with Crippen LogP contribution in [0.4, 0.5) is 10.5 Å². The zero-order chi connectivity index (χ0) is 18.5. The van der Waals surface area contributed by atoms with Gasteiger partial charge in [-0.2, -0.15) is 0 Å². The third-order valence-electron chi connectivity index (χ3n) is 4.28. The Balaban J connectivity index is 1.75. The number of hydrogen-bond donors (Lipinski definition) is 2. The highest BCUT2D eigenvalue weighted by atomic mass is 16.2. The zero-order valence-corrected chi connectivity index (χ0v) is 14.6. The lowest BCUT2D eigenvalue weighted by Crippen LogP contribution is -2.31. The summed E-state index contributed by atoms with van der Waals surface area (Å²) in [6.45, 7) is 2.19. The van der Waals surface area contributed by atoms with Gasteiger partial charge in [0.25, 0.3) is 5.91 Å². The van der Waals surface area contributed by atoms with Crippen LogP contribution in [0.5, 0.6) is 0 Å². The van der Waals surface area contributed by atoms with Crippen LogP contribution in [-0.2, 0) is 17.8 Å². The number of hydrogen-bond acceptors (Lipinski definition) is 3. The lowest BCUT2D eigenvalue weighted by molar-refractivity contribution is -0.125. The van der Waals surface area contributed by atoms with E-state index in [-0.39, 0.29) is 24.9 Å². The highest BCUT2D eigenvalue weighted by Gasteiger charge is 2.29. The average Bonchev–Trinajstić information content (AvgIpc) is 2.96. The van der Waals surface area contributed by atoms with E-state index in [4.69, 9.17) is 0 Å². The van der Waals surface area contributed by atoms with E-state index in [2.05, 4.69) is 17.6 Å². The molecule has 3 rings (SSSR count). The van der Waals surface area contributed by atoms with Crippen LogP contribution in [0, 0.1) is 0 Å². The highest BCUT2D eigenvalue weighted by Crippen LogP contribution is 2.17. The lowest BCUT2D eigenvalue weighted by atomic mass is 10.1. The maximum Gasteiger partial charge on any atom is 0.324 e. The third kappa shape index (κ3) is 3.91. The molecule has 2 aromatic rings. The Bertz CT molecular complexity index is 814. The second kappa shape index (κ2) is 7.82. The van der Waals surface area contributed by atoms with E-state index in [0.29, 0.717) is 16.8 Å². The Hall–Kier alpha value is -3.15. The number of carbonyl (C=O) groups excluding carboxylic acids is 3. The Labute approximate surface area is 152 Å². The van der Waals surface area contributed by atoms with E-state index in [9.17, 15) is 14.4 Å². The molecule has 0 bridgehead atoms. The number of anilines is 1. The van der Waals surface area contributed by atoms with Gasteiger partial charge in [0.05, 0.1) is 13.1 Å². The third-order valence-corrected chi connectivity index (χ3v) is 4.28. The van der Waals surface area contributed by atoms with Crippen LogP contribution in [0.2, 0.25) is 0 Å². The second-order valence-corrected chi connectivity index (χ2v) is 6.20. The van der Waals surface area contributed by atoms with Crippen LogP contribution in [0.3, 0.4) is 0 Å². The number of carbonyl (C=O) groups is 3. The van der Waals surface area contributed by atoms with E-state index in [1.165, 1.54) is 5.56 Å². The Morgan fingerprint density at radius 3 is 2.50 bits per heavy atom. The molecule has 4 amide bonds. The Morgan fingerprint density at radius 2 is 1.85 bits per heavy atom. The summed E-state index contributed by atoms with van der Waals surface area (Å²) in [6, 6.07) is 14.3. The van der Waals surface area contributed by atoms with Crippen LogP contribution in [0.1, 0.15) is 34.8 Å². The molecule has 0 aliphatic carbocycles. The van der Waals surface area contributed by atoms with E-state index in [1.807, 2.05) is 24.3 Å². The van der Waals surface area contributed by atoms with Crippen molar-refractivity contribution in [1.29, 1.82) is 0 Å². The topological polar surface area (TPSA) is 78.5 Å². The van der Waals surface area contributed by atoms with E-state index in [0.717, 1.165) is 17.7 Å². The highest BCUT2D eigenvalue weighted by molar-refractivity contribution is 6.06. The average molecular weight is 351 g/mol. The molecular weight excluding hydrogens is 330 g/mol. The summed E-state index contributed by atoms with van der Waals surface area (Å²) in [7, 11) is 0. The number of nitrogens with zero attached hydrogens (tertiary/aromatic N) is 1. The normalized spacial score (nSPS) is 13.7. The first-order chi connectivity index (χ1) is 12.6. The summed E-state index contributed by atoms with van der Waals surface area (Å²) in [5.74, 6) is -0.562. The zero-order valence-electron chi connectivity index (χ0n) is 14.6. The molecule has 0 unspecified atom stereocenters. The van der Waals surface area contributed by atoms with Crippen molar-refractivity contribution < 1.29 is 14.4 Å². The standard InChI is InChI=1S/C20H21N3O3/c1-2-5-14-8-10-16(11-9-14)22-19(25)17-7-4-3-6-15(17)13-23-18(24)12-21-20(23)26/h3-4,6-11H,2,5,12-13H2,1H3,(H,21,26)(H,22,25). The molecule has 134 valence electrons. The van der Waals surface area contributed by atoms with Crippen molar-refractivity contribution >= 4 is 23.5 Å². The van der Waals surface area contributed by atoms with Crippen molar-refractivity contribution in [1.82, 2.24) is 10.2 Å². The predicted octanol–water partition coefficient (Wildman–Crippen LogP) is 2.94. The van der Waals surface area contributed by atoms with Crippen LogP contribution < -0.4 is 10.6 Å². The molecule has 0 radical (unpaired) electrons. The predicted molar refractivity (Wildman–Crippen MR) is 98.8 cm³/mol. The number of rotatable bonds is 6. The monoisotopic (exact) mass is 351 g/mol. The molecule has 0 spiro atoms. The number of imide groups is 1. The largest absolute Gasteiger partial charge is 0.329 e. The van der Waals surface area contributed by atoms with Gasteiger partial charge >= 0.3 is 6.03 Å². The molecule has 1 heterocycles. The number of benzene rings is 2. The molecule has 6 heteroatoms. The van der Waals surface area contributed by atoms with Gasteiger partial charge in [-0.05, 0) is 35.7 Å². The SMILES string of the molecule is CCCc1ccc(NC(=O)c2ccccc2CN2C(=O)CNC2=O)cc1. The van der Waals surface area contributed by atoms with Gasteiger partial charge in [0.1, 0.15) is 0 Å². The molecule has 2 aromatic carbocycles. The summed E-state index contributed by atoms with van der Waals surface area (Å²) in [4.78, 5) is 37.3. The maximum atomic E-state index is 12.7. The molecule has 26 heavy (non-hydrogen) atoms. The van der Waals surface area contributed by atoms with Crippen LogP contribution in [0.15, 0.2) is 48.5 Å². The molecule has 1 aliphatic rings. The van der Waals surface area contributed by atoms with E-state index >= 15 is 0 Å². The van der Waals surface area contributed by atoms with Crippen molar-refractivity contribution in [3.63, 3.8) is 0 Å². The van der Waals surface area contributed by atoms with E-state index < -0.39 is 6.03 Å². The molecule has 0 aromatic heterocycles. The van der Waals surface area contributed by atoms with Gasteiger partial charge in [0.2, 0.25) is 5.91 Å². The minimum atomic E-state index is -0.434. The Kier molecular flexibility index (Phi) is 5.31. The first-order valence-corrected chi connectivity index (χ1v) is 8.65. The molecule has 2 N–H and O–H groups in total. The first kappa shape index (κ1) is 17.7. The maximum absolute atomic E-state index is 12.7. The summed E-state index contributed by atoms with van der Waals surface area (Å²) in [5, 5.41) is 5.35. The van der Waals surface area contributed by atoms with Crippen LogP contribution in [0.25, 0.3) is 0 Å². The molecular formula is C20H21N3O3. The second-order valence-electron chi connectivity index (χ2n) is 6.20. The molecule has 0 atom stereocenters. The molecule has 0 saturated carbocycles. The number of aryl methyl sites for hydroxylation is 1. The lowest BCUT2D eigenvalue weighted by Gasteiger charge is -2.15. The summed E-state index contributed by atoms with van der Waals surface area (Å²) in [5.41, 5.74) is 3.00. The van der Waals surface area contributed by atoms with E-state index in [1.54, 1.807) is 24.3 Å². The number of amides is 4. The van der Waals surface area contributed by atoms with Crippen molar-refractivity contribution in [2.24, 2.45) is 0 Å². The van der Waals surface area contributed by atoms with Crippen molar-refractivity contribution in [3.8, 4) is 0 Å². The van der Waals surface area contributed by atoms with Gasteiger partial charge in [0.15, 0.2) is 0 Å². The van der Waals surface area contributed by atoms with Crippen LogP contribution in [-0.4, -0.2) is 29.3 Å². The fourth-order valence-electron chi connectivity index (χ4n) is 2.91. The van der Waals surface area contributed by atoms with Crippen molar-refractivity contribution in [3.05, 3.63) is 65.2 Å². The number of nitrogens with one attached hydrogen (secondary N) is 2. The minimum Gasteiger partial charge on any atom is -0.329 e. The summed E-state index contributed by atoms with van der Waals surface area (Å²) < 4.78 is 0. The fourth-order valence-corrected chi connectivity index (χ4v) is 2.91. The molecule has 1 saturated heterocycles. The molecule has 6 nitrogen and oxygen atoms in total. The number of urea groups is 1. The van der Waals surface area contributed by atoms with Gasteiger partial charge < -0.3 is 10.6 Å².